The second-order valence-corrected chi connectivity index (χ2v) is 11.9. The van der Waals surface area contributed by atoms with Crippen LogP contribution < -0.4 is 0 Å². The fourth-order valence-electron chi connectivity index (χ4n) is 5.91. The number of unbranched alkanes of at least 4 members (excludes halogenated alkanes) is 2. The molecule has 0 aromatic rings. The molecular weight excluding hydrogens is 492 g/mol. The zero-order chi connectivity index (χ0) is 28.5. The van der Waals surface area contributed by atoms with Crippen LogP contribution in [-0.2, 0) is 23.8 Å². The molecule has 2 aliphatic carbocycles. The van der Waals surface area contributed by atoms with E-state index in [1.54, 1.807) is 0 Å². The Bertz CT molecular complexity index is 771. The average Bonchev–Trinajstić information content (AvgIpc) is 2.96. The molecule has 6 nitrogen and oxygen atoms in total. The molecule has 39 heavy (non-hydrogen) atoms. The minimum Gasteiger partial charge on any atom is -0.462 e. The van der Waals surface area contributed by atoms with Crippen LogP contribution in [0.5, 0.6) is 0 Å². The molecule has 0 aromatic heterocycles. The van der Waals surface area contributed by atoms with Gasteiger partial charge >= 0.3 is 11.9 Å². The van der Waals surface area contributed by atoms with E-state index >= 15 is 0 Å². The van der Waals surface area contributed by atoms with Crippen molar-refractivity contribution in [3.05, 3.63) is 36.5 Å². The SMILES string of the molecule is C=C(CO)C(=O)OCC(CCC1CCC(/C=C/C2CCC(CCCCC)CC2)CC1)COC(=O)C(=C)COC. The second-order valence-electron chi connectivity index (χ2n) is 11.9. The zero-order valence-electron chi connectivity index (χ0n) is 24.7. The number of ether oxygens (including phenoxy) is 3. The van der Waals surface area contributed by atoms with Gasteiger partial charge in [-0.25, -0.2) is 9.59 Å². The molecule has 0 radical (unpaired) electrons. The summed E-state index contributed by atoms with van der Waals surface area (Å²) in [4.78, 5) is 24.1. The number of carbonyl (C=O) groups is 2. The maximum Gasteiger partial charge on any atom is 0.335 e. The lowest BCUT2D eigenvalue weighted by molar-refractivity contribution is -0.145. The van der Waals surface area contributed by atoms with Crippen molar-refractivity contribution in [2.24, 2.45) is 29.6 Å². The summed E-state index contributed by atoms with van der Waals surface area (Å²) >= 11 is 0. The molecule has 6 heteroatoms. The topological polar surface area (TPSA) is 82.1 Å². The quantitative estimate of drug-likeness (QED) is 0.0865. The molecular formula is C33H54O6. The highest BCUT2D eigenvalue weighted by Gasteiger charge is 2.24. The van der Waals surface area contributed by atoms with Crippen molar-refractivity contribution in [2.45, 2.75) is 96.8 Å². The zero-order valence-corrected chi connectivity index (χ0v) is 24.7. The first-order valence-electron chi connectivity index (χ1n) is 15.3. The van der Waals surface area contributed by atoms with Gasteiger partial charge in [-0.15, -0.1) is 0 Å². The van der Waals surface area contributed by atoms with E-state index in [1.165, 1.54) is 84.2 Å². The maximum absolute atomic E-state index is 12.2. The number of allylic oxidation sites excluding steroid dienone is 2. The van der Waals surface area contributed by atoms with Gasteiger partial charge in [0.25, 0.3) is 0 Å². The molecule has 0 saturated heterocycles. The van der Waals surface area contributed by atoms with Crippen molar-refractivity contribution in [2.75, 3.05) is 33.5 Å². The van der Waals surface area contributed by atoms with Crippen molar-refractivity contribution in [1.29, 1.82) is 0 Å². The Morgan fingerprint density at radius 2 is 1.33 bits per heavy atom. The normalized spacial score (nSPS) is 24.3. The van der Waals surface area contributed by atoms with Crippen molar-refractivity contribution < 1.29 is 28.9 Å². The van der Waals surface area contributed by atoms with Crippen LogP contribution in [0.25, 0.3) is 0 Å². The standard InChI is InChI=1S/C33H54O6/c1-5-6-7-8-27-9-11-28(12-10-27)13-14-29-15-17-30(18-16-29)19-20-31(23-38-32(35)25(2)21-34)24-39-33(36)26(3)22-37-4/h13-14,27-31,34H,2-3,5-12,15-24H2,1,4H3/b14-13+. The number of rotatable bonds is 18. The molecule has 2 aliphatic rings. The summed E-state index contributed by atoms with van der Waals surface area (Å²) in [7, 11) is 1.50. The predicted molar refractivity (Wildman–Crippen MR) is 156 cm³/mol. The molecule has 2 fully saturated rings. The maximum atomic E-state index is 12.2. The Balaban J connectivity index is 1.73. The number of aliphatic hydroxyl groups excluding tert-OH is 1. The van der Waals surface area contributed by atoms with E-state index < -0.39 is 18.5 Å². The van der Waals surface area contributed by atoms with Crippen molar-refractivity contribution in [3.63, 3.8) is 0 Å². The van der Waals surface area contributed by atoms with Gasteiger partial charge in [-0.1, -0.05) is 57.9 Å². The molecule has 1 unspecified atom stereocenters. The Morgan fingerprint density at radius 1 is 0.821 bits per heavy atom. The van der Waals surface area contributed by atoms with Crippen LogP contribution in [0.3, 0.4) is 0 Å². The molecule has 0 aromatic carbocycles. The summed E-state index contributed by atoms with van der Waals surface area (Å²) in [5.41, 5.74) is 0.277. The Morgan fingerprint density at radius 3 is 1.82 bits per heavy atom. The first kappa shape index (κ1) is 33.3. The fraction of sp³-hybridized carbons (Fsp3) is 0.758. The summed E-state index contributed by atoms with van der Waals surface area (Å²) in [5.74, 6) is 1.84. The van der Waals surface area contributed by atoms with Gasteiger partial charge in [-0.05, 0) is 87.9 Å². The highest BCUT2D eigenvalue weighted by atomic mass is 16.5. The summed E-state index contributed by atoms with van der Waals surface area (Å²) < 4.78 is 15.7. The van der Waals surface area contributed by atoms with Gasteiger partial charge in [0.2, 0.25) is 0 Å². The summed E-state index contributed by atoms with van der Waals surface area (Å²) in [6, 6.07) is 0. The number of carbonyl (C=O) groups excluding carboxylic acids is 2. The lowest BCUT2D eigenvalue weighted by Crippen LogP contribution is -2.24. The van der Waals surface area contributed by atoms with Crippen LogP contribution in [0.4, 0.5) is 0 Å². The van der Waals surface area contributed by atoms with E-state index in [0.717, 1.165) is 24.7 Å². The van der Waals surface area contributed by atoms with Gasteiger partial charge in [-0.3, -0.25) is 0 Å². The van der Waals surface area contributed by atoms with Crippen LogP contribution in [0.15, 0.2) is 36.5 Å². The van der Waals surface area contributed by atoms with E-state index in [0.29, 0.717) is 11.8 Å². The Hall–Kier alpha value is -1.92. The van der Waals surface area contributed by atoms with Gasteiger partial charge in [0.05, 0.1) is 37.6 Å². The molecule has 2 saturated carbocycles. The molecule has 0 aliphatic heterocycles. The fourth-order valence-corrected chi connectivity index (χ4v) is 5.91. The molecule has 0 amide bonds. The van der Waals surface area contributed by atoms with Crippen LogP contribution in [0.1, 0.15) is 96.8 Å². The summed E-state index contributed by atoms with van der Waals surface area (Å²) in [6.45, 7) is 9.45. The molecule has 1 N–H and O–H groups in total. The molecule has 1 atom stereocenters. The number of methoxy groups -OCH3 is 1. The first-order valence-corrected chi connectivity index (χ1v) is 15.3. The lowest BCUT2D eigenvalue weighted by Gasteiger charge is -2.29. The molecule has 0 bridgehead atoms. The Kier molecular flexibility index (Phi) is 16.4. The van der Waals surface area contributed by atoms with E-state index in [4.69, 9.17) is 19.3 Å². The number of hydrogen-bond donors (Lipinski definition) is 1. The molecule has 0 spiro atoms. The highest BCUT2D eigenvalue weighted by Crippen LogP contribution is 2.36. The second kappa shape index (κ2) is 19.2. The van der Waals surface area contributed by atoms with Gasteiger partial charge < -0.3 is 19.3 Å². The highest BCUT2D eigenvalue weighted by molar-refractivity contribution is 5.88. The lowest BCUT2D eigenvalue weighted by atomic mass is 9.77. The van der Waals surface area contributed by atoms with Gasteiger partial charge in [-0.2, -0.15) is 0 Å². The first-order chi connectivity index (χ1) is 18.9. The molecule has 222 valence electrons. The largest absolute Gasteiger partial charge is 0.462 e. The van der Waals surface area contributed by atoms with Gasteiger partial charge in [0.1, 0.15) is 0 Å². The summed E-state index contributed by atoms with van der Waals surface area (Å²) in [6.07, 6.45) is 22.8. The van der Waals surface area contributed by atoms with E-state index in [9.17, 15) is 9.59 Å². The third-order valence-corrected chi connectivity index (χ3v) is 8.62. The van der Waals surface area contributed by atoms with Gasteiger partial charge in [0, 0.05) is 13.0 Å². The van der Waals surface area contributed by atoms with E-state index in [2.05, 4.69) is 32.2 Å². The average molecular weight is 547 g/mol. The third kappa shape index (κ3) is 13.3. The third-order valence-electron chi connectivity index (χ3n) is 8.62. The van der Waals surface area contributed by atoms with Crippen molar-refractivity contribution in [3.8, 4) is 0 Å². The van der Waals surface area contributed by atoms with Gasteiger partial charge in [0.15, 0.2) is 0 Å². The molecule has 2 rings (SSSR count). The smallest absolute Gasteiger partial charge is 0.335 e. The number of esters is 2. The minimum atomic E-state index is -0.616. The summed E-state index contributed by atoms with van der Waals surface area (Å²) in [5, 5.41) is 9.12. The predicted octanol–water partition coefficient (Wildman–Crippen LogP) is 6.97. The van der Waals surface area contributed by atoms with E-state index in [-0.39, 0.29) is 36.9 Å². The number of aliphatic hydroxyl groups is 1. The van der Waals surface area contributed by atoms with Crippen molar-refractivity contribution >= 4 is 11.9 Å². The molecule has 0 heterocycles. The number of hydrogen-bond acceptors (Lipinski definition) is 6. The van der Waals surface area contributed by atoms with Crippen LogP contribution >= 0.6 is 0 Å². The minimum absolute atomic E-state index is 0.0191. The Labute approximate surface area is 237 Å². The van der Waals surface area contributed by atoms with Crippen LogP contribution in [-0.4, -0.2) is 50.6 Å². The van der Waals surface area contributed by atoms with Crippen LogP contribution in [0.2, 0.25) is 0 Å². The van der Waals surface area contributed by atoms with Crippen LogP contribution in [0, 0.1) is 29.6 Å². The van der Waals surface area contributed by atoms with E-state index in [1.807, 2.05) is 0 Å². The monoisotopic (exact) mass is 546 g/mol. The van der Waals surface area contributed by atoms with Crippen molar-refractivity contribution in [1.82, 2.24) is 0 Å².